The summed E-state index contributed by atoms with van der Waals surface area (Å²) in [6.07, 6.45) is 0.477. The van der Waals surface area contributed by atoms with Gasteiger partial charge in [0.2, 0.25) is 0 Å². The number of hydrogen-bond donors (Lipinski definition) is 2. The minimum absolute atomic E-state index is 0.00651. The van der Waals surface area contributed by atoms with Crippen LogP contribution in [0.2, 0.25) is 0 Å². The number of benzene rings is 1. The highest BCUT2D eigenvalue weighted by atomic mass is 32.1. The van der Waals surface area contributed by atoms with Crippen LogP contribution in [0, 0.1) is 0 Å². The third kappa shape index (κ3) is 3.05. The molecule has 2 rings (SSSR count). The Morgan fingerprint density at radius 2 is 2.05 bits per heavy atom. The van der Waals surface area contributed by atoms with Crippen molar-refractivity contribution in [3.8, 4) is 10.6 Å². The van der Waals surface area contributed by atoms with E-state index < -0.39 is 5.91 Å². The lowest BCUT2D eigenvalue weighted by molar-refractivity contribution is -0.105. The number of hydrogen-bond acceptors (Lipinski definition) is 5. The minimum Gasteiger partial charge on any atom is -0.399 e. The predicted molar refractivity (Wildman–Crippen MR) is 74.6 cm³/mol. The Morgan fingerprint density at radius 1 is 1.37 bits per heavy atom. The van der Waals surface area contributed by atoms with E-state index in [0.717, 1.165) is 5.56 Å². The third-order valence-corrected chi connectivity index (χ3v) is 3.20. The molecule has 1 amide bonds. The number of rotatable bonds is 4. The zero-order valence-electron chi connectivity index (χ0n) is 9.92. The van der Waals surface area contributed by atoms with Crippen molar-refractivity contribution in [3.63, 3.8) is 0 Å². The van der Waals surface area contributed by atoms with E-state index in [-0.39, 0.29) is 11.4 Å². The van der Waals surface area contributed by atoms with Gasteiger partial charge < -0.3 is 11.1 Å². The van der Waals surface area contributed by atoms with E-state index in [1.807, 2.05) is 12.1 Å². The second kappa shape index (κ2) is 5.45. The Bertz CT molecular complexity index is 632. The van der Waals surface area contributed by atoms with E-state index in [1.54, 1.807) is 17.5 Å². The van der Waals surface area contributed by atoms with Crippen molar-refractivity contribution < 1.29 is 9.59 Å². The molecule has 0 aliphatic carbocycles. The average molecular weight is 273 g/mol. The monoisotopic (exact) mass is 273 g/mol. The fourth-order valence-electron chi connectivity index (χ4n) is 1.38. The number of amides is 1. The van der Waals surface area contributed by atoms with Crippen molar-refractivity contribution in [3.05, 3.63) is 47.6 Å². The number of anilines is 1. The Hall–Kier alpha value is -2.47. The van der Waals surface area contributed by atoms with E-state index in [2.05, 4.69) is 16.9 Å². The number of carbonyl (C=O) groups excluding carboxylic acids is 2. The van der Waals surface area contributed by atoms with Gasteiger partial charge in [0.25, 0.3) is 5.91 Å². The normalized spacial score (nSPS) is 9.89. The van der Waals surface area contributed by atoms with Crippen molar-refractivity contribution in [2.45, 2.75) is 0 Å². The van der Waals surface area contributed by atoms with Crippen LogP contribution in [0.15, 0.2) is 41.9 Å². The zero-order valence-corrected chi connectivity index (χ0v) is 10.7. The number of nitrogen functional groups attached to an aromatic ring is 1. The summed E-state index contributed by atoms with van der Waals surface area (Å²) in [4.78, 5) is 26.3. The van der Waals surface area contributed by atoms with Crippen molar-refractivity contribution in [1.82, 2.24) is 10.3 Å². The Labute approximate surface area is 113 Å². The number of carbonyl (C=O) groups is 2. The molecule has 0 aliphatic heterocycles. The molecular weight excluding hydrogens is 262 g/mol. The van der Waals surface area contributed by atoms with Crippen LogP contribution < -0.4 is 11.1 Å². The molecule has 0 unspecified atom stereocenters. The molecule has 6 heteroatoms. The highest BCUT2D eigenvalue weighted by molar-refractivity contribution is 7.13. The van der Waals surface area contributed by atoms with Crippen LogP contribution in [0.3, 0.4) is 0 Å². The molecule has 0 fully saturated rings. The van der Waals surface area contributed by atoms with Gasteiger partial charge in [-0.3, -0.25) is 9.59 Å². The first-order valence-electron chi connectivity index (χ1n) is 5.37. The topological polar surface area (TPSA) is 85.1 Å². The van der Waals surface area contributed by atoms with Gasteiger partial charge in [-0.05, 0) is 24.3 Å². The molecule has 0 aliphatic rings. The minimum atomic E-state index is -0.449. The van der Waals surface area contributed by atoms with Crippen molar-refractivity contribution in [1.29, 1.82) is 0 Å². The highest BCUT2D eigenvalue weighted by Gasteiger charge is 2.12. The number of thiazole rings is 1. The van der Waals surface area contributed by atoms with Crippen LogP contribution in [0.1, 0.15) is 10.5 Å². The fraction of sp³-hybridized carbons (Fsp3) is 0. The van der Waals surface area contributed by atoms with Crippen LogP contribution in [0.4, 0.5) is 5.69 Å². The molecular formula is C13H11N3O2S. The number of nitrogens with zero attached hydrogens (tertiary/aromatic N) is 1. The summed E-state index contributed by atoms with van der Waals surface area (Å²) in [6, 6.07) is 7.20. The summed E-state index contributed by atoms with van der Waals surface area (Å²) < 4.78 is 0. The third-order valence-electron chi connectivity index (χ3n) is 2.31. The summed E-state index contributed by atoms with van der Waals surface area (Å²) in [7, 11) is 0. The predicted octanol–water partition coefficient (Wildman–Crippen LogP) is 1.83. The Balaban J connectivity index is 2.19. The molecule has 1 aromatic carbocycles. The second-order valence-electron chi connectivity index (χ2n) is 3.76. The van der Waals surface area contributed by atoms with Gasteiger partial charge in [0, 0.05) is 16.6 Å². The molecule has 2 aromatic rings. The lowest BCUT2D eigenvalue weighted by Crippen LogP contribution is -2.23. The number of aromatic nitrogens is 1. The largest absolute Gasteiger partial charge is 0.399 e. The van der Waals surface area contributed by atoms with Gasteiger partial charge in [-0.1, -0.05) is 6.58 Å². The number of nitrogens with one attached hydrogen (secondary N) is 1. The summed E-state index contributed by atoms with van der Waals surface area (Å²) in [6.45, 7) is 3.38. The second-order valence-corrected chi connectivity index (χ2v) is 4.62. The molecule has 5 nitrogen and oxygen atoms in total. The van der Waals surface area contributed by atoms with Gasteiger partial charge in [0.05, 0.1) is 5.70 Å². The van der Waals surface area contributed by atoms with Gasteiger partial charge in [-0.15, -0.1) is 11.3 Å². The quantitative estimate of drug-likeness (QED) is 0.505. The molecule has 3 N–H and O–H groups in total. The molecule has 1 heterocycles. The molecule has 0 saturated carbocycles. The van der Waals surface area contributed by atoms with E-state index in [0.29, 0.717) is 17.0 Å². The van der Waals surface area contributed by atoms with Crippen molar-refractivity contribution >= 4 is 29.2 Å². The number of nitrogens with two attached hydrogens (primary N) is 1. The first-order valence-corrected chi connectivity index (χ1v) is 6.25. The smallest absolute Gasteiger partial charge is 0.275 e. The van der Waals surface area contributed by atoms with E-state index in [9.17, 15) is 9.59 Å². The lowest BCUT2D eigenvalue weighted by Gasteiger charge is -1.99. The van der Waals surface area contributed by atoms with Crippen molar-refractivity contribution in [2.75, 3.05) is 5.73 Å². The van der Waals surface area contributed by atoms with E-state index in [1.165, 1.54) is 11.3 Å². The van der Waals surface area contributed by atoms with Crippen LogP contribution in [0.25, 0.3) is 10.6 Å². The first-order chi connectivity index (χ1) is 9.10. The lowest BCUT2D eigenvalue weighted by atomic mass is 10.2. The van der Waals surface area contributed by atoms with Gasteiger partial charge in [0.1, 0.15) is 10.7 Å². The van der Waals surface area contributed by atoms with Gasteiger partial charge >= 0.3 is 0 Å². The van der Waals surface area contributed by atoms with Crippen LogP contribution in [0.5, 0.6) is 0 Å². The summed E-state index contributed by atoms with van der Waals surface area (Å²) in [5, 5.41) is 4.68. The summed E-state index contributed by atoms with van der Waals surface area (Å²) >= 11 is 1.34. The maximum Gasteiger partial charge on any atom is 0.275 e. The molecule has 0 spiro atoms. The molecule has 1 aromatic heterocycles. The standard InChI is InChI=1S/C13H11N3O2S/c1-8(6-17)15-12(18)11-7-19-13(16-11)9-2-4-10(14)5-3-9/h2-7H,1,14H2,(H,15,18). The SMILES string of the molecule is C=C(C=O)NC(=O)c1csc(-c2ccc(N)cc2)n1. The van der Waals surface area contributed by atoms with Crippen LogP contribution >= 0.6 is 11.3 Å². The van der Waals surface area contributed by atoms with Gasteiger partial charge in [0.15, 0.2) is 6.29 Å². The summed E-state index contributed by atoms with van der Waals surface area (Å²) in [5.41, 5.74) is 7.41. The first kappa shape index (κ1) is 13.0. The number of aldehydes is 1. The highest BCUT2D eigenvalue weighted by Crippen LogP contribution is 2.24. The number of allylic oxidation sites excluding steroid dienone is 1. The molecule has 0 radical (unpaired) electrons. The Kier molecular flexibility index (Phi) is 3.72. The maximum absolute atomic E-state index is 11.7. The van der Waals surface area contributed by atoms with Crippen LogP contribution in [-0.2, 0) is 4.79 Å². The molecule has 0 saturated heterocycles. The maximum atomic E-state index is 11.7. The Morgan fingerprint density at radius 3 is 2.68 bits per heavy atom. The zero-order chi connectivity index (χ0) is 13.8. The fourth-order valence-corrected chi connectivity index (χ4v) is 2.18. The van der Waals surface area contributed by atoms with Gasteiger partial charge in [-0.25, -0.2) is 4.98 Å². The molecule has 19 heavy (non-hydrogen) atoms. The van der Waals surface area contributed by atoms with Gasteiger partial charge in [-0.2, -0.15) is 0 Å². The van der Waals surface area contributed by atoms with E-state index in [4.69, 9.17) is 5.73 Å². The average Bonchev–Trinajstić information content (AvgIpc) is 2.89. The van der Waals surface area contributed by atoms with E-state index >= 15 is 0 Å². The molecule has 0 bridgehead atoms. The summed E-state index contributed by atoms with van der Waals surface area (Å²) in [5.74, 6) is -0.449. The van der Waals surface area contributed by atoms with Crippen LogP contribution in [-0.4, -0.2) is 17.2 Å². The van der Waals surface area contributed by atoms with Crippen molar-refractivity contribution in [2.24, 2.45) is 0 Å². The molecule has 0 atom stereocenters. The molecule has 96 valence electrons.